The Labute approximate surface area is 165 Å². The van der Waals surface area contributed by atoms with Gasteiger partial charge in [-0.25, -0.2) is 0 Å². The van der Waals surface area contributed by atoms with Gasteiger partial charge in [-0.05, 0) is 48.7 Å². The van der Waals surface area contributed by atoms with Crippen molar-refractivity contribution in [3.05, 3.63) is 60.0 Å². The summed E-state index contributed by atoms with van der Waals surface area (Å²) in [6.07, 6.45) is 5.28. The Morgan fingerprint density at radius 3 is 2.61 bits per heavy atom. The first-order valence-electron chi connectivity index (χ1n) is 9.93. The predicted molar refractivity (Wildman–Crippen MR) is 109 cm³/mol. The van der Waals surface area contributed by atoms with Crippen LogP contribution in [0, 0.1) is 5.92 Å². The molecule has 0 aliphatic heterocycles. The summed E-state index contributed by atoms with van der Waals surface area (Å²) in [5, 5.41) is 11.6. The molecule has 0 fully saturated rings. The van der Waals surface area contributed by atoms with Crippen molar-refractivity contribution in [2.45, 2.75) is 46.1 Å². The third-order valence-electron chi connectivity index (χ3n) is 4.70. The highest BCUT2D eigenvalue weighted by Crippen LogP contribution is 2.22. The van der Waals surface area contributed by atoms with E-state index in [4.69, 9.17) is 4.74 Å². The molecule has 0 saturated heterocycles. The number of carbonyl (C=O) groups excluding carboxylic acids is 1. The van der Waals surface area contributed by atoms with Gasteiger partial charge in [-0.2, -0.15) is 0 Å². The second-order valence-corrected chi connectivity index (χ2v) is 7.26. The molecule has 28 heavy (non-hydrogen) atoms. The number of pyridine rings is 1. The molecular weight excluding hydrogens is 352 g/mol. The average molecular weight is 380 g/mol. The molecule has 1 aromatic carbocycles. The monoisotopic (exact) mass is 380 g/mol. The summed E-state index contributed by atoms with van der Waals surface area (Å²) < 4.78 is 7.63. The molecule has 0 radical (unpaired) electrons. The van der Waals surface area contributed by atoms with E-state index in [-0.39, 0.29) is 17.9 Å². The van der Waals surface area contributed by atoms with Gasteiger partial charge in [0.05, 0.1) is 12.6 Å². The summed E-state index contributed by atoms with van der Waals surface area (Å²) in [4.78, 5) is 12.8. The second-order valence-electron chi connectivity index (χ2n) is 7.26. The number of hydrogen-bond donors (Lipinski definition) is 1. The first kappa shape index (κ1) is 19.9. The minimum Gasteiger partial charge on any atom is -0.494 e. The van der Waals surface area contributed by atoms with E-state index in [9.17, 15) is 4.79 Å². The summed E-state index contributed by atoms with van der Waals surface area (Å²) in [6, 6.07) is 12.8. The molecule has 6 nitrogen and oxygen atoms in total. The minimum absolute atomic E-state index is 0.135. The second kappa shape index (κ2) is 9.35. The van der Waals surface area contributed by atoms with Crippen LogP contribution >= 0.6 is 0 Å². The van der Waals surface area contributed by atoms with Crippen LogP contribution in [0.25, 0.3) is 5.65 Å². The van der Waals surface area contributed by atoms with Gasteiger partial charge in [0.2, 0.25) is 0 Å². The lowest BCUT2D eigenvalue weighted by molar-refractivity contribution is 0.0923. The summed E-state index contributed by atoms with van der Waals surface area (Å²) in [7, 11) is 0. The van der Waals surface area contributed by atoms with Gasteiger partial charge in [-0.1, -0.05) is 39.7 Å². The SMILES string of the molecule is CCCCCOc1ccc(C(=O)NC(c2nnc3ccccn23)C(C)C)cc1. The molecule has 1 amide bonds. The summed E-state index contributed by atoms with van der Waals surface area (Å²) in [6.45, 7) is 6.99. The third-order valence-corrected chi connectivity index (χ3v) is 4.70. The van der Waals surface area contributed by atoms with Crippen molar-refractivity contribution in [2.75, 3.05) is 6.61 Å². The largest absolute Gasteiger partial charge is 0.494 e. The summed E-state index contributed by atoms with van der Waals surface area (Å²) >= 11 is 0. The molecular formula is C22H28N4O2. The number of ether oxygens (including phenoxy) is 1. The molecule has 148 valence electrons. The number of carbonyl (C=O) groups is 1. The Morgan fingerprint density at radius 1 is 1.11 bits per heavy atom. The highest BCUT2D eigenvalue weighted by atomic mass is 16.5. The number of unbranched alkanes of at least 4 members (excludes halogenated alkanes) is 2. The van der Waals surface area contributed by atoms with Crippen LogP contribution in [0.1, 0.15) is 62.3 Å². The van der Waals surface area contributed by atoms with Gasteiger partial charge < -0.3 is 10.1 Å². The van der Waals surface area contributed by atoms with Crippen molar-refractivity contribution in [1.82, 2.24) is 19.9 Å². The van der Waals surface area contributed by atoms with E-state index >= 15 is 0 Å². The molecule has 3 aromatic rings. The molecule has 1 N–H and O–H groups in total. The van der Waals surface area contributed by atoms with Crippen LogP contribution in [0.15, 0.2) is 48.7 Å². The number of hydrogen-bond acceptors (Lipinski definition) is 4. The zero-order valence-electron chi connectivity index (χ0n) is 16.8. The van der Waals surface area contributed by atoms with Gasteiger partial charge >= 0.3 is 0 Å². The molecule has 0 bridgehead atoms. The number of benzene rings is 1. The van der Waals surface area contributed by atoms with E-state index in [2.05, 4.69) is 36.3 Å². The number of nitrogens with one attached hydrogen (secondary N) is 1. The van der Waals surface area contributed by atoms with Crippen molar-refractivity contribution >= 4 is 11.6 Å². The number of fused-ring (bicyclic) bond motifs is 1. The Hall–Kier alpha value is -2.89. The maximum atomic E-state index is 12.8. The molecule has 0 saturated carbocycles. The molecule has 0 aliphatic rings. The van der Waals surface area contributed by atoms with Crippen LogP contribution in [0.2, 0.25) is 0 Å². The van der Waals surface area contributed by atoms with E-state index in [0.717, 1.165) is 30.1 Å². The highest BCUT2D eigenvalue weighted by molar-refractivity contribution is 5.94. The van der Waals surface area contributed by atoms with Crippen molar-refractivity contribution in [2.24, 2.45) is 5.92 Å². The topological polar surface area (TPSA) is 68.5 Å². The Kier molecular flexibility index (Phi) is 6.63. The maximum Gasteiger partial charge on any atom is 0.251 e. The first-order chi connectivity index (χ1) is 13.6. The van der Waals surface area contributed by atoms with Gasteiger partial charge in [-0.3, -0.25) is 9.20 Å². The summed E-state index contributed by atoms with van der Waals surface area (Å²) in [5.41, 5.74) is 1.36. The zero-order chi connectivity index (χ0) is 19.9. The van der Waals surface area contributed by atoms with Crippen molar-refractivity contribution < 1.29 is 9.53 Å². The van der Waals surface area contributed by atoms with Crippen LogP contribution in [0.3, 0.4) is 0 Å². The Morgan fingerprint density at radius 2 is 1.89 bits per heavy atom. The fourth-order valence-corrected chi connectivity index (χ4v) is 3.07. The Bertz CT molecular complexity index is 902. The summed E-state index contributed by atoms with van der Waals surface area (Å²) in [5.74, 6) is 1.55. The van der Waals surface area contributed by atoms with Gasteiger partial charge in [0.1, 0.15) is 5.75 Å². The standard InChI is InChI=1S/C22H28N4O2/c1-4-5-8-15-28-18-12-10-17(11-13-18)22(27)23-20(16(2)3)21-25-24-19-9-6-7-14-26(19)21/h6-7,9-14,16,20H,4-5,8,15H2,1-3H3,(H,23,27). The van der Waals surface area contributed by atoms with E-state index < -0.39 is 0 Å². The average Bonchev–Trinajstić information content (AvgIpc) is 3.13. The van der Waals surface area contributed by atoms with Gasteiger partial charge in [-0.15, -0.1) is 10.2 Å². The fraction of sp³-hybridized carbons (Fsp3) is 0.409. The van der Waals surface area contributed by atoms with E-state index in [1.807, 2.05) is 40.9 Å². The number of nitrogens with zero attached hydrogens (tertiary/aromatic N) is 3. The van der Waals surface area contributed by atoms with Gasteiger partial charge in [0.25, 0.3) is 5.91 Å². The van der Waals surface area contributed by atoms with E-state index in [1.165, 1.54) is 6.42 Å². The predicted octanol–water partition coefficient (Wildman–Crippen LogP) is 4.43. The smallest absolute Gasteiger partial charge is 0.251 e. The maximum absolute atomic E-state index is 12.8. The van der Waals surface area contributed by atoms with Crippen molar-refractivity contribution in [3.8, 4) is 5.75 Å². The molecule has 6 heteroatoms. The number of aromatic nitrogens is 3. The van der Waals surface area contributed by atoms with Crippen LogP contribution in [-0.2, 0) is 0 Å². The molecule has 0 spiro atoms. The van der Waals surface area contributed by atoms with Crippen LogP contribution in [0.4, 0.5) is 0 Å². The minimum atomic E-state index is -0.241. The highest BCUT2D eigenvalue weighted by Gasteiger charge is 2.24. The molecule has 0 aliphatic carbocycles. The lowest BCUT2D eigenvalue weighted by atomic mass is 10.0. The van der Waals surface area contributed by atoms with E-state index in [1.54, 1.807) is 12.1 Å². The number of rotatable bonds is 9. The Balaban J connectivity index is 1.69. The molecule has 1 unspecified atom stereocenters. The molecule has 1 atom stereocenters. The first-order valence-corrected chi connectivity index (χ1v) is 9.93. The van der Waals surface area contributed by atoms with Crippen LogP contribution < -0.4 is 10.1 Å². The zero-order valence-corrected chi connectivity index (χ0v) is 16.8. The molecule has 2 heterocycles. The normalized spacial score (nSPS) is 12.3. The van der Waals surface area contributed by atoms with Crippen LogP contribution in [0.5, 0.6) is 5.75 Å². The quantitative estimate of drug-likeness (QED) is 0.558. The fourth-order valence-electron chi connectivity index (χ4n) is 3.07. The lowest BCUT2D eigenvalue weighted by Crippen LogP contribution is -2.33. The van der Waals surface area contributed by atoms with Crippen LogP contribution in [-0.4, -0.2) is 27.1 Å². The van der Waals surface area contributed by atoms with Gasteiger partial charge in [0.15, 0.2) is 11.5 Å². The molecule has 2 aromatic heterocycles. The van der Waals surface area contributed by atoms with E-state index in [0.29, 0.717) is 12.2 Å². The lowest BCUT2D eigenvalue weighted by Gasteiger charge is -2.21. The van der Waals surface area contributed by atoms with Crippen molar-refractivity contribution in [3.63, 3.8) is 0 Å². The molecule has 3 rings (SSSR count). The third kappa shape index (κ3) is 4.68. The number of amides is 1. The van der Waals surface area contributed by atoms with Crippen molar-refractivity contribution in [1.29, 1.82) is 0 Å². The van der Waals surface area contributed by atoms with Gasteiger partial charge in [0, 0.05) is 11.8 Å².